The Hall–Kier alpha value is -0.690. The topological polar surface area (TPSA) is 76.3 Å². The molecule has 1 aromatic rings. The molecule has 0 radical (unpaired) electrons. The van der Waals surface area contributed by atoms with Gasteiger partial charge in [0.1, 0.15) is 0 Å². The number of piperidine rings is 1. The fraction of sp³-hybridized carbons (Fsp3) is 0.583. The van der Waals surface area contributed by atoms with E-state index in [9.17, 15) is 8.42 Å². The minimum Gasteiger partial charge on any atom is -0.330 e. The summed E-state index contributed by atoms with van der Waals surface area (Å²) in [6.07, 6.45) is 4.97. The van der Waals surface area contributed by atoms with Crippen LogP contribution in [-0.2, 0) is 15.8 Å². The molecule has 0 spiro atoms. The number of halogens is 1. The Morgan fingerprint density at radius 2 is 1.84 bits per heavy atom. The van der Waals surface area contributed by atoms with Crippen molar-refractivity contribution >= 4 is 22.4 Å². The van der Waals surface area contributed by atoms with Crippen LogP contribution >= 0.6 is 12.4 Å². The van der Waals surface area contributed by atoms with Crippen LogP contribution in [0.2, 0.25) is 0 Å². The third kappa shape index (κ3) is 4.42. The summed E-state index contributed by atoms with van der Waals surface area (Å²) in [7, 11) is -3.20. The lowest BCUT2D eigenvalue weighted by Gasteiger charge is -2.30. The van der Waals surface area contributed by atoms with Crippen molar-refractivity contribution in [1.29, 1.82) is 0 Å². The van der Waals surface area contributed by atoms with Crippen molar-refractivity contribution < 1.29 is 8.42 Å². The second-order valence-electron chi connectivity index (χ2n) is 4.69. The van der Waals surface area contributed by atoms with Crippen LogP contribution in [0, 0.1) is 5.92 Å². The van der Waals surface area contributed by atoms with Gasteiger partial charge in [0.05, 0.1) is 5.75 Å². The van der Waals surface area contributed by atoms with E-state index in [1.807, 2.05) is 0 Å². The summed E-state index contributed by atoms with van der Waals surface area (Å²) >= 11 is 0. The second kappa shape index (κ2) is 7.19. The maximum atomic E-state index is 12.2. The maximum absolute atomic E-state index is 12.2. The number of pyridine rings is 1. The zero-order chi connectivity index (χ0) is 13.0. The van der Waals surface area contributed by atoms with E-state index in [2.05, 4.69) is 4.98 Å². The molecule has 0 saturated carbocycles. The Kier molecular flexibility index (Phi) is 6.19. The molecule has 2 N–H and O–H groups in total. The lowest BCUT2D eigenvalue weighted by molar-refractivity contribution is 0.278. The van der Waals surface area contributed by atoms with Gasteiger partial charge in [-0.2, -0.15) is 0 Å². The molecule has 1 aliphatic rings. The summed E-state index contributed by atoms with van der Waals surface area (Å²) in [6.45, 7) is 1.84. The Morgan fingerprint density at radius 3 is 2.37 bits per heavy atom. The molecule has 2 heterocycles. The predicted octanol–water partition coefficient (Wildman–Crippen LogP) is 1.00. The van der Waals surface area contributed by atoms with Gasteiger partial charge in [0, 0.05) is 25.5 Å². The van der Waals surface area contributed by atoms with Crippen molar-refractivity contribution in [3.8, 4) is 0 Å². The summed E-state index contributed by atoms with van der Waals surface area (Å²) in [5, 5.41) is 0. The Morgan fingerprint density at radius 1 is 1.26 bits per heavy atom. The number of nitrogens with zero attached hydrogens (tertiary/aromatic N) is 2. The molecule has 0 amide bonds. The maximum Gasteiger partial charge on any atom is 0.218 e. The van der Waals surface area contributed by atoms with Gasteiger partial charge in [0.25, 0.3) is 0 Å². The first kappa shape index (κ1) is 16.4. The molecule has 0 unspecified atom stereocenters. The molecule has 0 aliphatic carbocycles. The molecule has 108 valence electrons. The summed E-state index contributed by atoms with van der Waals surface area (Å²) < 4.78 is 26.0. The van der Waals surface area contributed by atoms with Gasteiger partial charge in [0.15, 0.2) is 0 Å². The predicted molar refractivity (Wildman–Crippen MR) is 77.5 cm³/mol. The highest BCUT2D eigenvalue weighted by molar-refractivity contribution is 7.88. The fourth-order valence-electron chi connectivity index (χ4n) is 2.20. The van der Waals surface area contributed by atoms with Gasteiger partial charge in [0.2, 0.25) is 10.0 Å². The molecule has 2 rings (SSSR count). The summed E-state index contributed by atoms with van der Waals surface area (Å²) in [5.41, 5.74) is 6.39. The number of sulfonamides is 1. The highest BCUT2D eigenvalue weighted by atomic mass is 35.5. The molecule has 1 fully saturated rings. The number of hydrogen-bond donors (Lipinski definition) is 1. The molecule has 0 bridgehead atoms. The molecule has 19 heavy (non-hydrogen) atoms. The van der Waals surface area contributed by atoms with Crippen molar-refractivity contribution in [2.24, 2.45) is 11.7 Å². The highest BCUT2D eigenvalue weighted by Gasteiger charge is 2.27. The van der Waals surface area contributed by atoms with Gasteiger partial charge in [-0.25, -0.2) is 12.7 Å². The zero-order valence-corrected chi connectivity index (χ0v) is 12.4. The molecule has 1 aliphatic heterocycles. The standard InChI is InChI=1S/C12H19N3O2S.ClH/c13-9-11-3-7-15(8-4-11)18(16,17)10-12-1-5-14-6-2-12;/h1-2,5-6,11H,3-4,7-10,13H2;1H. The first-order valence-corrected chi connectivity index (χ1v) is 7.79. The van der Waals surface area contributed by atoms with Crippen LogP contribution in [0.3, 0.4) is 0 Å². The highest BCUT2D eigenvalue weighted by Crippen LogP contribution is 2.20. The van der Waals surface area contributed by atoms with Crippen LogP contribution in [0.15, 0.2) is 24.5 Å². The van der Waals surface area contributed by atoms with Crippen molar-refractivity contribution in [1.82, 2.24) is 9.29 Å². The molecule has 1 aromatic heterocycles. The molecule has 0 atom stereocenters. The molecular formula is C12H20ClN3O2S. The van der Waals surface area contributed by atoms with Gasteiger partial charge in [-0.15, -0.1) is 12.4 Å². The molecule has 1 saturated heterocycles. The summed E-state index contributed by atoms with van der Waals surface area (Å²) in [5.74, 6) is 0.528. The van der Waals surface area contributed by atoms with Crippen molar-refractivity contribution in [2.45, 2.75) is 18.6 Å². The van der Waals surface area contributed by atoms with Crippen LogP contribution < -0.4 is 5.73 Å². The lowest BCUT2D eigenvalue weighted by atomic mass is 9.99. The average molecular weight is 306 g/mol. The monoisotopic (exact) mass is 305 g/mol. The fourth-order valence-corrected chi connectivity index (χ4v) is 3.77. The van der Waals surface area contributed by atoms with Crippen molar-refractivity contribution in [3.05, 3.63) is 30.1 Å². The largest absolute Gasteiger partial charge is 0.330 e. The van der Waals surface area contributed by atoms with Crippen molar-refractivity contribution in [3.63, 3.8) is 0 Å². The van der Waals surface area contributed by atoms with Crippen LogP contribution in [0.4, 0.5) is 0 Å². The van der Waals surface area contributed by atoms with E-state index < -0.39 is 10.0 Å². The van der Waals surface area contributed by atoms with E-state index in [0.29, 0.717) is 25.6 Å². The second-order valence-corrected chi connectivity index (χ2v) is 6.66. The summed E-state index contributed by atoms with van der Waals surface area (Å²) in [6, 6.07) is 3.48. The Labute approximate surface area is 120 Å². The number of hydrogen-bond acceptors (Lipinski definition) is 4. The average Bonchev–Trinajstić information content (AvgIpc) is 2.39. The van der Waals surface area contributed by atoms with Gasteiger partial charge in [-0.3, -0.25) is 4.98 Å². The Bertz CT molecular complexity index is 473. The molecule has 0 aromatic carbocycles. The smallest absolute Gasteiger partial charge is 0.218 e. The van der Waals surface area contributed by atoms with E-state index in [0.717, 1.165) is 18.4 Å². The quantitative estimate of drug-likeness (QED) is 0.900. The minimum absolute atomic E-state index is 0. The molecular weight excluding hydrogens is 286 g/mol. The number of nitrogens with two attached hydrogens (primary N) is 1. The molecule has 7 heteroatoms. The zero-order valence-electron chi connectivity index (χ0n) is 10.7. The first-order valence-electron chi connectivity index (χ1n) is 6.18. The van der Waals surface area contributed by atoms with E-state index in [4.69, 9.17) is 5.73 Å². The van der Waals surface area contributed by atoms with Gasteiger partial charge < -0.3 is 5.73 Å². The normalized spacial score (nSPS) is 17.9. The number of rotatable bonds is 4. The van der Waals surface area contributed by atoms with E-state index in [-0.39, 0.29) is 18.2 Å². The van der Waals surface area contributed by atoms with Crippen LogP contribution in [0.5, 0.6) is 0 Å². The van der Waals surface area contributed by atoms with Crippen LogP contribution in [0.25, 0.3) is 0 Å². The van der Waals surface area contributed by atoms with Crippen LogP contribution in [-0.4, -0.2) is 37.3 Å². The minimum atomic E-state index is -3.20. The Balaban J connectivity index is 0.00000180. The SMILES string of the molecule is Cl.NCC1CCN(S(=O)(=O)Cc2ccncc2)CC1. The number of aromatic nitrogens is 1. The molecule has 5 nitrogen and oxygen atoms in total. The lowest BCUT2D eigenvalue weighted by Crippen LogP contribution is -2.40. The van der Waals surface area contributed by atoms with Gasteiger partial charge in [-0.05, 0) is 43.0 Å². The van der Waals surface area contributed by atoms with Crippen molar-refractivity contribution in [2.75, 3.05) is 19.6 Å². The third-order valence-electron chi connectivity index (χ3n) is 3.40. The van der Waals surface area contributed by atoms with Gasteiger partial charge >= 0.3 is 0 Å². The van der Waals surface area contributed by atoms with E-state index in [1.165, 1.54) is 0 Å². The summed E-state index contributed by atoms with van der Waals surface area (Å²) in [4.78, 5) is 3.89. The van der Waals surface area contributed by atoms with Gasteiger partial charge in [-0.1, -0.05) is 0 Å². The third-order valence-corrected chi connectivity index (χ3v) is 5.25. The first-order chi connectivity index (χ1) is 8.62. The van der Waals surface area contributed by atoms with E-state index >= 15 is 0 Å². The van der Waals surface area contributed by atoms with E-state index in [1.54, 1.807) is 28.8 Å². The van der Waals surface area contributed by atoms with Crippen LogP contribution in [0.1, 0.15) is 18.4 Å².